The van der Waals surface area contributed by atoms with Gasteiger partial charge in [0.05, 0.1) is 12.7 Å². The van der Waals surface area contributed by atoms with E-state index in [4.69, 9.17) is 4.74 Å². The number of hydrogen-bond donors (Lipinski definition) is 1. The number of methoxy groups -OCH3 is 1. The summed E-state index contributed by atoms with van der Waals surface area (Å²) in [7, 11) is 3.68. The first-order valence-electron chi connectivity index (χ1n) is 5.97. The van der Waals surface area contributed by atoms with Crippen molar-refractivity contribution in [1.29, 1.82) is 0 Å². The van der Waals surface area contributed by atoms with Gasteiger partial charge >= 0.3 is 0 Å². The van der Waals surface area contributed by atoms with E-state index in [0.717, 1.165) is 17.7 Å². The topological polar surface area (TPSA) is 32.7 Å². The average molecular weight is 237 g/mol. The fraction of sp³-hybridized carbons (Fsp3) is 0.571. The van der Waals surface area contributed by atoms with Gasteiger partial charge in [0.25, 0.3) is 0 Å². The molecule has 0 fully saturated rings. The highest BCUT2D eigenvalue weighted by Gasteiger charge is 2.12. The quantitative estimate of drug-likeness (QED) is 0.820. The molecule has 17 heavy (non-hydrogen) atoms. The number of benzene rings is 1. The van der Waals surface area contributed by atoms with Crippen molar-refractivity contribution in [2.75, 3.05) is 33.9 Å². The Labute approximate surface area is 104 Å². The lowest BCUT2D eigenvalue weighted by Gasteiger charge is -2.21. The fourth-order valence-electron chi connectivity index (χ4n) is 1.85. The van der Waals surface area contributed by atoms with Crippen molar-refractivity contribution < 1.29 is 9.84 Å². The fourth-order valence-corrected chi connectivity index (χ4v) is 1.85. The lowest BCUT2D eigenvalue weighted by molar-refractivity contribution is 0.103. The van der Waals surface area contributed by atoms with Crippen LogP contribution in [0.5, 0.6) is 0 Å². The maximum absolute atomic E-state index is 10.2. The Bertz CT molecular complexity index is 352. The van der Waals surface area contributed by atoms with Crippen LogP contribution in [0, 0.1) is 13.8 Å². The van der Waals surface area contributed by atoms with Gasteiger partial charge in [-0.25, -0.2) is 0 Å². The molecule has 0 aliphatic carbocycles. The van der Waals surface area contributed by atoms with E-state index in [9.17, 15) is 5.11 Å². The Morgan fingerprint density at radius 3 is 2.71 bits per heavy atom. The second kappa shape index (κ2) is 6.74. The standard InChI is InChI=1S/C14H23NO2/c1-11-5-6-12(2)13(9-11)14(16)10-15(3)7-8-17-4/h5-6,9,14,16H,7-8,10H2,1-4H3. The van der Waals surface area contributed by atoms with Gasteiger partial charge < -0.3 is 14.7 Å². The minimum Gasteiger partial charge on any atom is -0.387 e. The monoisotopic (exact) mass is 237 g/mol. The van der Waals surface area contributed by atoms with Crippen LogP contribution in [-0.2, 0) is 4.74 Å². The number of aryl methyl sites for hydroxylation is 2. The summed E-state index contributed by atoms with van der Waals surface area (Å²) in [5.74, 6) is 0. The zero-order valence-electron chi connectivity index (χ0n) is 11.2. The van der Waals surface area contributed by atoms with E-state index >= 15 is 0 Å². The van der Waals surface area contributed by atoms with Crippen molar-refractivity contribution in [3.05, 3.63) is 34.9 Å². The molecule has 0 heterocycles. The molecule has 3 nitrogen and oxygen atoms in total. The van der Waals surface area contributed by atoms with Crippen LogP contribution < -0.4 is 0 Å². The minimum absolute atomic E-state index is 0.434. The van der Waals surface area contributed by atoms with Crippen LogP contribution in [0.25, 0.3) is 0 Å². The summed E-state index contributed by atoms with van der Waals surface area (Å²) in [6.45, 7) is 6.24. The van der Waals surface area contributed by atoms with Gasteiger partial charge in [0, 0.05) is 20.2 Å². The number of ether oxygens (including phenoxy) is 1. The molecule has 0 saturated heterocycles. The van der Waals surface area contributed by atoms with Crippen LogP contribution in [-0.4, -0.2) is 43.9 Å². The van der Waals surface area contributed by atoms with Crippen LogP contribution in [0.1, 0.15) is 22.8 Å². The Morgan fingerprint density at radius 1 is 1.35 bits per heavy atom. The summed E-state index contributed by atoms with van der Waals surface area (Å²) in [6, 6.07) is 6.19. The van der Waals surface area contributed by atoms with E-state index in [-0.39, 0.29) is 0 Å². The van der Waals surface area contributed by atoms with E-state index in [1.807, 2.05) is 20.9 Å². The van der Waals surface area contributed by atoms with Gasteiger partial charge in [-0.2, -0.15) is 0 Å². The minimum atomic E-state index is -0.434. The highest BCUT2D eigenvalue weighted by atomic mass is 16.5. The molecule has 1 aromatic carbocycles. The van der Waals surface area contributed by atoms with Gasteiger partial charge in [-0.15, -0.1) is 0 Å². The summed E-state index contributed by atoms with van der Waals surface area (Å²) in [6.07, 6.45) is -0.434. The molecular weight excluding hydrogens is 214 g/mol. The summed E-state index contributed by atoms with van der Waals surface area (Å²) < 4.78 is 5.02. The van der Waals surface area contributed by atoms with Crippen molar-refractivity contribution in [3.8, 4) is 0 Å². The Morgan fingerprint density at radius 2 is 2.06 bits per heavy atom. The highest BCUT2D eigenvalue weighted by Crippen LogP contribution is 2.19. The van der Waals surface area contributed by atoms with Gasteiger partial charge in [0.15, 0.2) is 0 Å². The lowest BCUT2D eigenvalue weighted by Crippen LogP contribution is -2.28. The van der Waals surface area contributed by atoms with Gasteiger partial charge in [0.2, 0.25) is 0 Å². The SMILES string of the molecule is COCCN(C)CC(O)c1cc(C)ccc1C. The third-order valence-corrected chi connectivity index (χ3v) is 2.96. The van der Waals surface area contributed by atoms with Crippen LogP contribution in [0.4, 0.5) is 0 Å². The molecule has 0 amide bonds. The van der Waals surface area contributed by atoms with E-state index in [2.05, 4.69) is 23.1 Å². The normalized spacial score (nSPS) is 13.1. The summed E-state index contributed by atoms with van der Waals surface area (Å²) in [4.78, 5) is 2.08. The molecule has 1 unspecified atom stereocenters. The van der Waals surface area contributed by atoms with Crippen molar-refractivity contribution in [1.82, 2.24) is 4.90 Å². The van der Waals surface area contributed by atoms with Crippen LogP contribution >= 0.6 is 0 Å². The first kappa shape index (κ1) is 14.2. The predicted octanol–water partition coefficient (Wildman–Crippen LogP) is 1.92. The largest absolute Gasteiger partial charge is 0.387 e. The molecule has 0 bridgehead atoms. The second-order valence-electron chi connectivity index (χ2n) is 4.63. The number of hydrogen-bond acceptors (Lipinski definition) is 3. The maximum Gasteiger partial charge on any atom is 0.0919 e. The van der Waals surface area contributed by atoms with E-state index in [1.165, 1.54) is 5.56 Å². The first-order valence-corrected chi connectivity index (χ1v) is 5.97. The van der Waals surface area contributed by atoms with Crippen molar-refractivity contribution in [3.63, 3.8) is 0 Å². The van der Waals surface area contributed by atoms with Crippen LogP contribution in [0.3, 0.4) is 0 Å². The lowest BCUT2D eigenvalue weighted by atomic mass is 10.0. The number of aliphatic hydroxyl groups excluding tert-OH is 1. The molecule has 0 aliphatic rings. The zero-order chi connectivity index (χ0) is 12.8. The number of rotatable bonds is 6. The predicted molar refractivity (Wildman–Crippen MR) is 70.2 cm³/mol. The molecule has 3 heteroatoms. The van der Waals surface area contributed by atoms with Crippen molar-refractivity contribution >= 4 is 0 Å². The molecular formula is C14H23NO2. The van der Waals surface area contributed by atoms with Crippen LogP contribution in [0.15, 0.2) is 18.2 Å². The van der Waals surface area contributed by atoms with Gasteiger partial charge in [-0.05, 0) is 32.0 Å². The third-order valence-electron chi connectivity index (χ3n) is 2.96. The number of likely N-dealkylation sites (N-methyl/N-ethyl adjacent to an activating group) is 1. The summed E-state index contributed by atoms with van der Waals surface area (Å²) >= 11 is 0. The Balaban J connectivity index is 2.62. The van der Waals surface area contributed by atoms with Gasteiger partial charge in [-0.1, -0.05) is 23.8 Å². The Kier molecular flexibility index (Phi) is 5.62. The average Bonchev–Trinajstić information content (AvgIpc) is 2.29. The first-order chi connectivity index (χ1) is 8.04. The number of nitrogens with zero attached hydrogens (tertiary/aromatic N) is 1. The molecule has 0 aliphatic heterocycles. The smallest absolute Gasteiger partial charge is 0.0919 e. The second-order valence-corrected chi connectivity index (χ2v) is 4.63. The van der Waals surface area contributed by atoms with Crippen LogP contribution in [0.2, 0.25) is 0 Å². The molecule has 0 spiro atoms. The summed E-state index contributed by atoms with van der Waals surface area (Å²) in [5, 5.41) is 10.2. The van der Waals surface area contributed by atoms with E-state index < -0.39 is 6.10 Å². The molecule has 1 N–H and O–H groups in total. The van der Waals surface area contributed by atoms with E-state index in [1.54, 1.807) is 7.11 Å². The molecule has 0 saturated carbocycles. The molecule has 1 aromatic rings. The molecule has 96 valence electrons. The van der Waals surface area contributed by atoms with Gasteiger partial charge in [0.1, 0.15) is 0 Å². The maximum atomic E-state index is 10.2. The molecule has 1 rings (SSSR count). The van der Waals surface area contributed by atoms with Crippen molar-refractivity contribution in [2.45, 2.75) is 20.0 Å². The third kappa shape index (κ3) is 4.46. The Hall–Kier alpha value is -0.900. The molecule has 0 radical (unpaired) electrons. The van der Waals surface area contributed by atoms with Crippen molar-refractivity contribution in [2.24, 2.45) is 0 Å². The van der Waals surface area contributed by atoms with Gasteiger partial charge in [-0.3, -0.25) is 0 Å². The number of aliphatic hydroxyl groups is 1. The highest BCUT2D eigenvalue weighted by molar-refractivity contribution is 5.32. The van der Waals surface area contributed by atoms with E-state index in [0.29, 0.717) is 13.2 Å². The zero-order valence-corrected chi connectivity index (χ0v) is 11.2. The molecule has 0 aromatic heterocycles. The molecule has 1 atom stereocenters. The summed E-state index contributed by atoms with van der Waals surface area (Å²) in [5.41, 5.74) is 3.35.